The fourth-order valence-corrected chi connectivity index (χ4v) is 3.52. The van der Waals surface area contributed by atoms with Crippen LogP contribution in [0.4, 0.5) is 5.82 Å². The first-order valence-electron chi connectivity index (χ1n) is 9.53. The van der Waals surface area contributed by atoms with Gasteiger partial charge in [0.1, 0.15) is 17.2 Å². The zero-order chi connectivity index (χ0) is 21.3. The molecule has 0 radical (unpaired) electrons. The number of hydrogen-bond acceptors (Lipinski definition) is 4. The highest BCUT2D eigenvalue weighted by Crippen LogP contribution is 2.32. The van der Waals surface area contributed by atoms with Crippen LogP contribution in [-0.2, 0) is 6.54 Å². The molecular weight excluding hydrogens is 400 g/mol. The first kappa shape index (κ1) is 20.0. The molecular formula is C24H21ClN2O3. The van der Waals surface area contributed by atoms with Gasteiger partial charge in [-0.25, -0.2) is 4.98 Å². The van der Waals surface area contributed by atoms with Crippen LogP contribution in [0.5, 0.6) is 5.75 Å². The minimum Gasteiger partial charge on any atom is -0.497 e. The van der Waals surface area contributed by atoms with Gasteiger partial charge in [-0.05, 0) is 61.4 Å². The Morgan fingerprint density at radius 1 is 1.13 bits per heavy atom. The van der Waals surface area contributed by atoms with Crippen LogP contribution in [0, 0.1) is 13.8 Å². The molecule has 4 aromatic rings. The lowest BCUT2D eigenvalue weighted by Gasteiger charge is -2.21. The predicted octanol–water partition coefficient (Wildman–Crippen LogP) is 5.95. The van der Waals surface area contributed by atoms with Crippen molar-refractivity contribution in [3.8, 4) is 5.75 Å². The van der Waals surface area contributed by atoms with Crippen LogP contribution in [0.2, 0.25) is 5.02 Å². The smallest absolute Gasteiger partial charge is 0.295 e. The number of pyridine rings is 1. The van der Waals surface area contributed by atoms with Crippen molar-refractivity contribution in [2.24, 2.45) is 0 Å². The number of carbonyl (C=O) groups excluding carboxylic acids is 1. The third-order valence-corrected chi connectivity index (χ3v) is 5.49. The molecule has 4 rings (SSSR count). The maximum absolute atomic E-state index is 13.6. The first-order chi connectivity index (χ1) is 14.5. The molecule has 152 valence electrons. The van der Waals surface area contributed by atoms with Gasteiger partial charge in [-0.2, -0.15) is 0 Å². The summed E-state index contributed by atoms with van der Waals surface area (Å²) in [4.78, 5) is 19.6. The molecule has 0 bridgehead atoms. The highest BCUT2D eigenvalue weighted by Gasteiger charge is 2.26. The standard InChI is InChI=1S/C24H21ClN2O3/c1-15-12-21-19(13-20(15)25)16(2)23(30-21)24(28)27(22-6-4-5-11-26-22)14-17-7-9-18(29-3)10-8-17/h4-13H,14H2,1-3H3. The van der Waals surface area contributed by atoms with Gasteiger partial charge in [0.2, 0.25) is 0 Å². The van der Waals surface area contributed by atoms with Crippen molar-refractivity contribution in [1.82, 2.24) is 4.98 Å². The molecule has 0 aliphatic heterocycles. The number of halogens is 1. The quantitative estimate of drug-likeness (QED) is 0.400. The number of methoxy groups -OCH3 is 1. The van der Waals surface area contributed by atoms with Crippen LogP contribution in [0.25, 0.3) is 11.0 Å². The van der Waals surface area contributed by atoms with Crippen LogP contribution >= 0.6 is 11.6 Å². The Hall–Kier alpha value is -3.31. The van der Waals surface area contributed by atoms with Crippen molar-refractivity contribution in [2.75, 3.05) is 12.0 Å². The predicted molar refractivity (Wildman–Crippen MR) is 118 cm³/mol. The third-order valence-electron chi connectivity index (χ3n) is 5.08. The molecule has 1 amide bonds. The van der Waals surface area contributed by atoms with Crippen molar-refractivity contribution in [1.29, 1.82) is 0 Å². The van der Waals surface area contributed by atoms with E-state index < -0.39 is 0 Å². The molecule has 5 nitrogen and oxygen atoms in total. The molecule has 0 unspecified atom stereocenters. The molecule has 2 aromatic carbocycles. The monoisotopic (exact) mass is 420 g/mol. The molecule has 6 heteroatoms. The summed E-state index contributed by atoms with van der Waals surface area (Å²) in [6.45, 7) is 4.12. The number of hydrogen-bond donors (Lipinski definition) is 0. The number of ether oxygens (including phenoxy) is 1. The Bertz CT molecular complexity index is 1200. The molecule has 0 atom stereocenters. The van der Waals surface area contributed by atoms with E-state index in [1.54, 1.807) is 24.3 Å². The fourth-order valence-electron chi connectivity index (χ4n) is 3.35. The van der Waals surface area contributed by atoms with Crippen LogP contribution < -0.4 is 9.64 Å². The largest absolute Gasteiger partial charge is 0.497 e. The van der Waals surface area contributed by atoms with Crippen molar-refractivity contribution in [3.05, 3.63) is 88.3 Å². The van der Waals surface area contributed by atoms with Gasteiger partial charge in [0.15, 0.2) is 5.76 Å². The van der Waals surface area contributed by atoms with Crippen LogP contribution in [0.15, 0.2) is 65.2 Å². The summed E-state index contributed by atoms with van der Waals surface area (Å²) in [6.07, 6.45) is 1.66. The lowest BCUT2D eigenvalue weighted by Crippen LogP contribution is -2.31. The number of rotatable bonds is 5. The molecule has 0 saturated carbocycles. The van der Waals surface area contributed by atoms with Crippen LogP contribution in [0.1, 0.15) is 27.2 Å². The molecule has 30 heavy (non-hydrogen) atoms. The van der Waals surface area contributed by atoms with E-state index >= 15 is 0 Å². The van der Waals surface area contributed by atoms with Crippen molar-refractivity contribution in [3.63, 3.8) is 0 Å². The summed E-state index contributed by atoms with van der Waals surface area (Å²) in [6, 6.07) is 16.8. The average molecular weight is 421 g/mol. The number of aryl methyl sites for hydroxylation is 2. The van der Waals surface area contributed by atoms with E-state index in [0.29, 0.717) is 23.0 Å². The summed E-state index contributed by atoms with van der Waals surface area (Å²) < 4.78 is 11.2. The summed E-state index contributed by atoms with van der Waals surface area (Å²) >= 11 is 6.28. The van der Waals surface area contributed by atoms with Crippen LogP contribution in [0.3, 0.4) is 0 Å². The van der Waals surface area contributed by atoms with Gasteiger partial charge in [0.05, 0.1) is 13.7 Å². The van der Waals surface area contributed by atoms with E-state index in [4.69, 9.17) is 20.8 Å². The number of amides is 1. The molecule has 0 aliphatic rings. The average Bonchev–Trinajstić information content (AvgIpc) is 3.08. The number of furan rings is 1. The summed E-state index contributed by atoms with van der Waals surface area (Å²) in [5.41, 5.74) is 3.25. The van der Waals surface area contributed by atoms with Gasteiger partial charge in [0.25, 0.3) is 5.91 Å². The molecule has 2 aromatic heterocycles. The normalized spacial score (nSPS) is 10.9. The second kappa shape index (κ2) is 8.20. The van der Waals surface area contributed by atoms with Gasteiger partial charge in [0, 0.05) is 22.2 Å². The molecule has 0 aliphatic carbocycles. The molecule has 0 N–H and O–H groups in total. The van der Waals surface area contributed by atoms with E-state index in [2.05, 4.69) is 4.98 Å². The molecule has 2 heterocycles. The number of anilines is 1. The Morgan fingerprint density at radius 2 is 1.90 bits per heavy atom. The first-order valence-corrected chi connectivity index (χ1v) is 9.91. The topological polar surface area (TPSA) is 55.6 Å². The Kier molecular flexibility index (Phi) is 5.46. The highest BCUT2D eigenvalue weighted by atomic mass is 35.5. The van der Waals surface area contributed by atoms with Gasteiger partial charge < -0.3 is 9.15 Å². The second-order valence-corrected chi connectivity index (χ2v) is 7.49. The zero-order valence-electron chi connectivity index (χ0n) is 17.0. The van der Waals surface area contributed by atoms with Gasteiger partial charge in [-0.1, -0.05) is 29.8 Å². The minimum atomic E-state index is -0.257. The molecule has 0 fully saturated rings. The second-order valence-electron chi connectivity index (χ2n) is 7.08. The van der Waals surface area contributed by atoms with Crippen molar-refractivity contribution >= 4 is 34.3 Å². The van der Waals surface area contributed by atoms with E-state index in [-0.39, 0.29) is 11.7 Å². The lowest BCUT2D eigenvalue weighted by molar-refractivity contribution is 0.0959. The van der Waals surface area contributed by atoms with Gasteiger partial charge >= 0.3 is 0 Å². The Labute approximate surface area is 179 Å². The maximum atomic E-state index is 13.6. The number of aromatic nitrogens is 1. The third kappa shape index (κ3) is 3.76. The van der Waals surface area contributed by atoms with Crippen LogP contribution in [-0.4, -0.2) is 18.0 Å². The Morgan fingerprint density at radius 3 is 2.57 bits per heavy atom. The zero-order valence-corrected chi connectivity index (χ0v) is 17.7. The maximum Gasteiger partial charge on any atom is 0.295 e. The SMILES string of the molecule is COc1ccc(CN(C(=O)c2oc3cc(C)c(Cl)cc3c2C)c2ccccn2)cc1. The van der Waals surface area contributed by atoms with E-state index in [1.165, 1.54) is 0 Å². The van der Waals surface area contributed by atoms with E-state index in [1.807, 2.05) is 62.4 Å². The summed E-state index contributed by atoms with van der Waals surface area (Å²) in [5, 5.41) is 1.48. The number of fused-ring (bicyclic) bond motifs is 1. The van der Waals surface area contributed by atoms with Gasteiger partial charge in [-0.3, -0.25) is 9.69 Å². The molecule has 0 saturated heterocycles. The van der Waals surface area contributed by atoms with E-state index in [0.717, 1.165) is 27.8 Å². The van der Waals surface area contributed by atoms with E-state index in [9.17, 15) is 4.79 Å². The number of carbonyl (C=O) groups is 1. The van der Waals surface area contributed by atoms with Crippen molar-refractivity contribution in [2.45, 2.75) is 20.4 Å². The lowest BCUT2D eigenvalue weighted by atomic mass is 10.1. The fraction of sp³-hybridized carbons (Fsp3) is 0.167. The highest BCUT2D eigenvalue weighted by molar-refractivity contribution is 6.32. The Balaban J connectivity index is 1.76. The van der Waals surface area contributed by atoms with Gasteiger partial charge in [-0.15, -0.1) is 0 Å². The van der Waals surface area contributed by atoms with Crippen molar-refractivity contribution < 1.29 is 13.9 Å². The summed E-state index contributed by atoms with van der Waals surface area (Å²) in [7, 11) is 1.62. The number of nitrogens with zero attached hydrogens (tertiary/aromatic N) is 2. The summed E-state index contributed by atoms with van der Waals surface area (Å²) in [5.74, 6) is 1.33. The molecule has 0 spiro atoms. The minimum absolute atomic E-state index is 0.257. The number of benzene rings is 2.